The van der Waals surface area contributed by atoms with E-state index in [0.29, 0.717) is 31.8 Å². The zero-order chi connectivity index (χ0) is 18.4. The minimum absolute atomic E-state index is 0.0411. The van der Waals surface area contributed by atoms with Gasteiger partial charge < -0.3 is 14.9 Å². The third-order valence-electron chi connectivity index (χ3n) is 5.78. The van der Waals surface area contributed by atoms with Crippen molar-refractivity contribution < 1.29 is 19.5 Å². The summed E-state index contributed by atoms with van der Waals surface area (Å²) >= 11 is 0. The third kappa shape index (κ3) is 5.72. The fourth-order valence-electron chi connectivity index (χ4n) is 4.16. The molecule has 6 heteroatoms. The van der Waals surface area contributed by atoms with Gasteiger partial charge in [-0.2, -0.15) is 0 Å². The highest BCUT2D eigenvalue weighted by Crippen LogP contribution is 2.29. The number of carbonyl (C=O) groups is 3. The molecular formula is C19H32N2O4. The third-order valence-corrected chi connectivity index (χ3v) is 5.78. The molecule has 2 amide bonds. The molecule has 142 valence electrons. The monoisotopic (exact) mass is 352 g/mol. The second kappa shape index (κ2) is 9.20. The highest BCUT2D eigenvalue weighted by molar-refractivity contribution is 5.85. The number of carboxylic acids is 1. The molecule has 0 unspecified atom stereocenters. The molecule has 0 bridgehead atoms. The highest BCUT2D eigenvalue weighted by Gasteiger charge is 2.29. The van der Waals surface area contributed by atoms with Crippen molar-refractivity contribution in [2.45, 2.75) is 58.3 Å². The Morgan fingerprint density at radius 3 is 2.24 bits per heavy atom. The number of hydrogen-bond donors (Lipinski definition) is 1. The summed E-state index contributed by atoms with van der Waals surface area (Å²) in [6.45, 7) is 2.99. The topological polar surface area (TPSA) is 77.9 Å². The molecule has 25 heavy (non-hydrogen) atoms. The van der Waals surface area contributed by atoms with E-state index in [1.807, 2.05) is 6.92 Å². The normalized spacial score (nSPS) is 21.0. The van der Waals surface area contributed by atoms with Crippen LogP contribution in [0.1, 0.15) is 58.3 Å². The van der Waals surface area contributed by atoms with Crippen LogP contribution in [0.15, 0.2) is 0 Å². The van der Waals surface area contributed by atoms with Crippen molar-refractivity contribution in [2.24, 2.45) is 17.8 Å². The van der Waals surface area contributed by atoms with E-state index in [2.05, 4.69) is 0 Å². The van der Waals surface area contributed by atoms with Gasteiger partial charge in [0.25, 0.3) is 0 Å². The molecule has 2 aliphatic rings. The Morgan fingerprint density at radius 1 is 1.08 bits per heavy atom. The van der Waals surface area contributed by atoms with Crippen molar-refractivity contribution in [3.63, 3.8) is 0 Å². The summed E-state index contributed by atoms with van der Waals surface area (Å²) in [6, 6.07) is 0. The van der Waals surface area contributed by atoms with Crippen LogP contribution in [0.5, 0.6) is 0 Å². The molecule has 1 saturated carbocycles. The van der Waals surface area contributed by atoms with Crippen LogP contribution in [0.2, 0.25) is 0 Å². The quantitative estimate of drug-likeness (QED) is 0.796. The number of rotatable bonds is 6. The fraction of sp³-hybridized carbons (Fsp3) is 0.842. The number of amides is 2. The average molecular weight is 352 g/mol. The molecule has 0 spiro atoms. The van der Waals surface area contributed by atoms with Gasteiger partial charge >= 0.3 is 5.97 Å². The van der Waals surface area contributed by atoms with Crippen LogP contribution in [-0.4, -0.2) is 59.4 Å². The Bertz CT molecular complexity index is 480. The number of carbonyl (C=O) groups excluding carboxylic acids is 2. The van der Waals surface area contributed by atoms with Crippen molar-refractivity contribution in [1.29, 1.82) is 0 Å². The maximum absolute atomic E-state index is 12.6. The van der Waals surface area contributed by atoms with Gasteiger partial charge in [0.2, 0.25) is 11.8 Å². The van der Waals surface area contributed by atoms with Gasteiger partial charge in [0, 0.05) is 26.1 Å². The van der Waals surface area contributed by atoms with E-state index in [1.165, 1.54) is 32.1 Å². The molecule has 1 aliphatic carbocycles. The zero-order valence-electron chi connectivity index (χ0n) is 15.6. The van der Waals surface area contributed by atoms with Crippen LogP contribution in [0.3, 0.4) is 0 Å². The van der Waals surface area contributed by atoms with Gasteiger partial charge in [0.05, 0.1) is 12.5 Å². The molecule has 1 heterocycles. The lowest BCUT2D eigenvalue weighted by atomic mass is 9.83. The Hall–Kier alpha value is -1.59. The lowest BCUT2D eigenvalue weighted by molar-refractivity contribution is -0.147. The molecule has 2 rings (SSSR count). The second-order valence-corrected chi connectivity index (χ2v) is 7.83. The molecule has 1 N–H and O–H groups in total. The van der Waals surface area contributed by atoms with Gasteiger partial charge in [-0.1, -0.05) is 39.0 Å². The van der Waals surface area contributed by atoms with E-state index in [0.717, 1.165) is 6.42 Å². The molecule has 0 aromatic carbocycles. The minimum atomic E-state index is -0.782. The smallest absolute Gasteiger partial charge is 0.306 e. The first kappa shape index (κ1) is 19.7. The van der Waals surface area contributed by atoms with E-state index < -0.39 is 5.97 Å². The summed E-state index contributed by atoms with van der Waals surface area (Å²) < 4.78 is 0. The van der Waals surface area contributed by atoms with Gasteiger partial charge in [-0.05, 0) is 25.2 Å². The van der Waals surface area contributed by atoms with Gasteiger partial charge in [-0.3, -0.25) is 14.4 Å². The van der Waals surface area contributed by atoms with E-state index in [-0.39, 0.29) is 30.2 Å². The van der Waals surface area contributed by atoms with Crippen LogP contribution < -0.4 is 0 Å². The predicted molar refractivity (Wildman–Crippen MR) is 94.9 cm³/mol. The molecule has 1 saturated heterocycles. The molecule has 1 atom stereocenters. The van der Waals surface area contributed by atoms with Crippen LogP contribution >= 0.6 is 0 Å². The second-order valence-electron chi connectivity index (χ2n) is 7.83. The zero-order valence-corrected chi connectivity index (χ0v) is 15.6. The number of nitrogens with zero attached hydrogens (tertiary/aromatic N) is 2. The van der Waals surface area contributed by atoms with Crippen molar-refractivity contribution in [1.82, 2.24) is 9.80 Å². The lowest BCUT2D eigenvalue weighted by Crippen LogP contribution is -2.46. The Morgan fingerprint density at radius 2 is 1.68 bits per heavy atom. The Balaban J connectivity index is 1.75. The number of likely N-dealkylation sites (tertiary alicyclic amines) is 1. The Kier molecular flexibility index (Phi) is 7.26. The number of hydrogen-bond acceptors (Lipinski definition) is 3. The van der Waals surface area contributed by atoms with Crippen LogP contribution in [0.25, 0.3) is 0 Å². The molecule has 6 nitrogen and oxygen atoms in total. The van der Waals surface area contributed by atoms with Crippen LogP contribution in [0.4, 0.5) is 0 Å². The number of likely N-dealkylation sites (N-methyl/N-ethyl adjacent to an activating group) is 1. The number of carboxylic acid groups (broad SMARTS) is 1. The Labute approximate surface area is 150 Å². The summed E-state index contributed by atoms with van der Waals surface area (Å²) in [5.41, 5.74) is 0. The SMILES string of the molecule is C[C@H](CC1CCCCC1)C(=O)N(C)CC(=O)N1CCC(C(=O)O)CC1. The summed E-state index contributed by atoms with van der Waals surface area (Å²) in [5.74, 6) is -0.566. The van der Waals surface area contributed by atoms with Crippen LogP contribution in [-0.2, 0) is 14.4 Å². The van der Waals surface area contributed by atoms with Crippen LogP contribution in [0, 0.1) is 17.8 Å². The van der Waals surface area contributed by atoms with Gasteiger partial charge in [-0.15, -0.1) is 0 Å². The standard InChI is InChI=1S/C19H32N2O4/c1-14(12-15-6-4-3-5-7-15)18(23)20(2)13-17(22)21-10-8-16(9-11-21)19(24)25/h14-16H,3-13H2,1-2H3,(H,24,25)/t14-/m1/s1. The van der Waals surface area contributed by atoms with E-state index in [4.69, 9.17) is 5.11 Å². The minimum Gasteiger partial charge on any atom is -0.481 e. The first-order valence-corrected chi connectivity index (χ1v) is 9.64. The molecule has 0 aromatic rings. The summed E-state index contributed by atoms with van der Waals surface area (Å²) in [4.78, 5) is 39.2. The molecule has 0 aromatic heterocycles. The number of piperidine rings is 1. The summed E-state index contributed by atoms with van der Waals surface area (Å²) in [6.07, 6.45) is 8.21. The van der Waals surface area contributed by atoms with E-state index in [1.54, 1.807) is 16.8 Å². The maximum Gasteiger partial charge on any atom is 0.306 e. The summed E-state index contributed by atoms with van der Waals surface area (Å²) in [7, 11) is 1.70. The molecular weight excluding hydrogens is 320 g/mol. The summed E-state index contributed by atoms with van der Waals surface area (Å²) in [5, 5.41) is 9.02. The average Bonchev–Trinajstić information content (AvgIpc) is 2.61. The molecule has 2 fully saturated rings. The first-order chi connectivity index (χ1) is 11.9. The van der Waals surface area contributed by atoms with Crippen molar-refractivity contribution >= 4 is 17.8 Å². The highest BCUT2D eigenvalue weighted by atomic mass is 16.4. The fourth-order valence-corrected chi connectivity index (χ4v) is 4.16. The van der Waals surface area contributed by atoms with Gasteiger partial charge in [0.15, 0.2) is 0 Å². The van der Waals surface area contributed by atoms with Crippen molar-refractivity contribution in [2.75, 3.05) is 26.7 Å². The first-order valence-electron chi connectivity index (χ1n) is 9.64. The van der Waals surface area contributed by atoms with E-state index >= 15 is 0 Å². The maximum atomic E-state index is 12.6. The van der Waals surface area contributed by atoms with Crippen molar-refractivity contribution in [3.8, 4) is 0 Å². The van der Waals surface area contributed by atoms with Crippen molar-refractivity contribution in [3.05, 3.63) is 0 Å². The van der Waals surface area contributed by atoms with Gasteiger partial charge in [-0.25, -0.2) is 0 Å². The largest absolute Gasteiger partial charge is 0.481 e. The molecule has 0 radical (unpaired) electrons. The lowest BCUT2D eigenvalue weighted by Gasteiger charge is -2.32. The van der Waals surface area contributed by atoms with Gasteiger partial charge in [0.1, 0.15) is 0 Å². The number of aliphatic carboxylic acids is 1. The van der Waals surface area contributed by atoms with E-state index in [9.17, 15) is 14.4 Å². The molecule has 1 aliphatic heterocycles. The predicted octanol–water partition coefficient (Wildman–Crippen LogP) is 2.37.